The Bertz CT molecular complexity index is 1590. The number of piperazine rings is 1. The summed E-state index contributed by atoms with van der Waals surface area (Å²) in [6.07, 6.45) is 1.79. The lowest BCUT2D eigenvalue weighted by atomic mass is 10.1. The number of aryl methyl sites for hydroxylation is 1. The van der Waals surface area contributed by atoms with Gasteiger partial charge in [-0.05, 0) is 42.8 Å². The van der Waals surface area contributed by atoms with Crippen LogP contribution in [-0.4, -0.2) is 88.1 Å². The number of hydrogen-bond donors (Lipinski definition) is 2. The highest BCUT2D eigenvalue weighted by atomic mass is 32.2. The second-order valence-corrected chi connectivity index (χ2v) is 12.3. The third-order valence-corrected chi connectivity index (χ3v) is 9.23. The normalized spacial score (nSPS) is 16.8. The van der Waals surface area contributed by atoms with Crippen LogP contribution in [0.3, 0.4) is 0 Å². The first-order chi connectivity index (χ1) is 18.6. The van der Waals surface area contributed by atoms with Crippen molar-refractivity contribution in [3.8, 4) is 11.3 Å². The molecular weight excluding hydrogens is 545 g/mol. The monoisotopic (exact) mass is 575 g/mol. The van der Waals surface area contributed by atoms with E-state index in [9.17, 15) is 23.0 Å². The highest BCUT2D eigenvalue weighted by molar-refractivity contribution is 7.88. The van der Waals surface area contributed by atoms with Crippen LogP contribution in [0.4, 0.5) is 21.2 Å². The summed E-state index contributed by atoms with van der Waals surface area (Å²) in [5.41, 5.74) is 2.74. The molecule has 14 heteroatoms. The van der Waals surface area contributed by atoms with Gasteiger partial charge in [0.25, 0.3) is 0 Å². The smallest absolute Gasteiger partial charge is 0.211 e. The lowest BCUT2D eigenvalue weighted by molar-refractivity contribution is 0.176. The van der Waals surface area contributed by atoms with Gasteiger partial charge in [0.05, 0.1) is 41.8 Å². The van der Waals surface area contributed by atoms with Gasteiger partial charge in [-0.15, -0.1) is 5.10 Å². The maximum absolute atomic E-state index is 13.5. The van der Waals surface area contributed by atoms with Crippen molar-refractivity contribution in [3.05, 3.63) is 52.8 Å². The summed E-state index contributed by atoms with van der Waals surface area (Å²) < 4.78 is 40.8. The standard InChI is InChI=1S/C25H30FN7O4S2/c1-4-19-24(30(2)25-28-23(20(15-35)38-25)16-5-7-17(26)8-6-16)33-21(27-19)9-10-22(29-33)31-11-12-32(39(3,36)37)18(13-31)14-34/h5-10,18,34-35H,4,11-15H2,1-3H3. The fraction of sp³-hybridized carbons (Fsp3) is 0.400. The van der Waals surface area contributed by atoms with E-state index in [1.807, 2.05) is 35.9 Å². The number of hydrogen-bond acceptors (Lipinski definition) is 10. The van der Waals surface area contributed by atoms with Gasteiger partial charge < -0.3 is 20.0 Å². The van der Waals surface area contributed by atoms with E-state index in [2.05, 4.69) is 0 Å². The predicted molar refractivity (Wildman–Crippen MR) is 148 cm³/mol. The van der Waals surface area contributed by atoms with Crippen molar-refractivity contribution in [2.75, 3.05) is 49.3 Å². The number of aromatic nitrogens is 4. The van der Waals surface area contributed by atoms with Gasteiger partial charge in [-0.2, -0.15) is 8.82 Å². The van der Waals surface area contributed by atoms with Crippen LogP contribution >= 0.6 is 11.3 Å². The van der Waals surface area contributed by atoms with Crippen molar-refractivity contribution in [3.63, 3.8) is 0 Å². The molecule has 4 heterocycles. The van der Waals surface area contributed by atoms with Crippen molar-refractivity contribution in [1.82, 2.24) is 23.9 Å². The van der Waals surface area contributed by atoms with Crippen molar-refractivity contribution >= 4 is 43.8 Å². The number of halogens is 1. The van der Waals surface area contributed by atoms with E-state index in [0.717, 1.165) is 11.9 Å². The van der Waals surface area contributed by atoms with E-state index < -0.39 is 16.1 Å². The van der Waals surface area contributed by atoms with Gasteiger partial charge in [0.1, 0.15) is 11.6 Å². The molecule has 208 valence electrons. The fourth-order valence-corrected chi connectivity index (χ4v) is 6.84. The van der Waals surface area contributed by atoms with Crippen molar-refractivity contribution < 1.29 is 23.0 Å². The van der Waals surface area contributed by atoms with Crippen LogP contribution in [0.1, 0.15) is 17.5 Å². The number of rotatable bonds is 8. The first kappa shape index (κ1) is 27.4. The molecule has 1 aliphatic rings. The lowest BCUT2D eigenvalue weighted by Crippen LogP contribution is -2.56. The molecule has 1 atom stereocenters. The quantitative estimate of drug-likeness (QED) is 0.325. The second-order valence-electron chi connectivity index (χ2n) is 9.35. The number of aliphatic hydroxyl groups excluding tert-OH is 2. The number of nitrogens with zero attached hydrogens (tertiary/aromatic N) is 7. The molecule has 0 spiro atoms. The minimum Gasteiger partial charge on any atom is -0.395 e. The van der Waals surface area contributed by atoms with Gasteiger partial charge in [0, 0.05) is 32.2 Å². The molecule has 1 aromatic carbocycles. The molecule has 4 aromatic rings. The molecule has 3 aromatic heterocycles. The molecule has 0 radical (unpaired) electrons. The van der Waals surface area contributed by atoms with Gasteiger partial charge in [-0.25, -0.2) is 22.8 Å². The van der Waals surface area contributed by atoms with Crippen LogP contribution in [0.2, 0.25) is 0 Å². The Morgan fingerprint density at radius 1 is 1.13 bits per heavy atom. The van der Waals surface area contributed by atoms with Gasteiger partial charge in [0.2, 0.25) is 10.0 Å². The van der Waals surface area contributed by atoms with Crippen LogP contribution in [0.5, 0.6) is 0 Å². The third kappa shape index (κ3) is 5.22. The summed E-state index contributed by atoms with van der Waals surface area (Å²) in [6.45, 7) is 2.47. The zero-order valence-electron chi connectivity index (χ0n) is 21.8. The lowest BCUT2D eigenvalue weighted by Gasteiger charge is -2.39. The summed E-state index contributed by atoms with van der Waals surface area (Å²) in [6, 6.07) is 9.13. The number of imidazole rings is 1. The van der Waals surface area contributed by atoms with Crippen LogP contribution in [0.25, 0.3) is 16.9 Å². The number of fused-ring (bicyclic) bond motifs is 1. The Morgan fingerprint density at radius 2 is 1.87 bits per heavy atom. The highest BCUT2D eigenvalue weighted by Crippen LogP contribution is 2.37. The first-order valence-electron chi connectivity index (χ1n) is 12.5. The van der Waals surface area contributed by atoms with Crippen molar-refractivity contribution in [1.29, 1.82) is 0 Å². The molecule has 0 bridgehead atoms. The average Bonchev–Trinajstić information content (AvgIpc) is 3.53. The number of aliphatic hydroxyl groups is 2. The van der Waals surface area contributed by atoms with E-state index in [4.69, 9.17) is 15.1 Å². The minimum atomic E-state index is -3.44. The number of sulfonamides is 1. The number of thiazole rings is 1. The fourth-order valence-electron chi connectivity index (χ4n) is 4.85. The van der Waals surface area contributed by atoms with Gasteiger partial charge >= 0.3 is 0 Å². The Labute approximate surface area is 229 Å². The molecule has 11 nitrogen and oxygen atoms in total. The molecule has 0 aliphatic carbocycles. The molecular formula is C25H30FN7O4S2. The van der Waals surface area contributed by atoms with E-state index in [0.29, 0.717) is 58.1 Å². The van der Waals surface area contributed by atoms with Gasteiger partial charge in [-0.1, -0.05) is 18.3 Å². The zero-order valence-corrected chi connectivity index (χ0v) is 23.5. The van der Waals surface area contributed by atoms with Crippen LogP contribution in [-0.2, 0) is 23.1 Å². The van der Waals surface area contributed by atoms with E-state index >= 15 is 0 Å². The van der Waals surface area contributed by atoms with Crippen LogP contribution < -0.4 is 9.80 Å². The molecule has 39 heavy (non-hydrogen) atoms. The maximum atomic E-state index is 13.5. The van der Waals surface area contributed by atoms with E-state index in [-0.39, 0.29) is 25.6 Å². The molecule has 1 unspecified atom stereocenters. The number of anilines is 3. The molecule has 2 N–H and O–H groups in total. The molecule has 5 rings (SSSR count). The summed E-state index contributed by atoms with van der Waals surface area (Å²) >= 11 is 1.33. The summed E-state index contributed by atoms with van der Waals surface area (Å²) in [5.74, 6) is 0.998. The predicted octanol–water partition coefficient (Wildman–Crippen LogP) is 2.26. The third-order valence-electron chi connectivity index (χ3n) is 6.79. The van der Waals surface area contributed by atoms with Crippen LogP contribution in [0, 0.1) is 5.82 Å². The van der Waals surface area contributed by atoms with Gasteiger partial charge in [-0.3, -0.25) is 0 Å². The van der Waals surface area contributed by atoms with Crippen molar-refractivity contribution in [2.24, 2.45) is 0 Å². The Balaban J connectivity index is 1.52. The Kier molecular flexibility index (Phi) is 7.57. The number of benzene rings is 1. The maximum Gasteiger partial charge on any atom is 0.211 e. The van der Waals surface area contributed by atoms with Gasteiger partial charge in [0.15, 0.2) is 16.6 Å². The molecule has 1 fully saturated rings. The SMILES string of the molecule is CCc1nc2ccc(N3CCN(S(C)(=O)=O)C(CO)C3)nn2c1N(C)c1nc(-c2ccc(F)cc2)c(CO)s1. The molecule has 0 saturated carbocycles. The van der Waals surface area contributed by atoms with E-state index in [1.54, 1.807) is 16.6 Å². The largest absolute Gasteiger partial charge is 0.395 e. The summed E-state index contributed by atoms with van der Waals surface area (Å²) in [5, 5.41) is 25.3. The molecule has 0 amide bonds. The Hall–Kier alpha value is -3.17. The van der Waals surface area contributed by atoms with Crippen LogP contribution in [0.15, 0.2) is 36.4 Å². The van der Waals surface area contributed by atoms with Crippen molar-refractivity contribution in [2.45, 2.75) is 26.0 Å². The zero-order chi connectivity index (χ0) is 27.9. The Morgan fingerprint density at radius 3 is 2.51 bits per heavy atom. The second kappa shape index (κ2) is 10.8. The topological polar surface area (TPSA) is 127 Å². The highest BCUT2D eigenvalue weighted by Gasteiger charge is 2.33. The average molecular weight is 576 g/mol. The molecule has 1 aliphatic heterocycles. The molecule has 1 saturated heterocycles. The minimum absolute atomic E-state index is 0.208. The summed E-state index contributed by atoms with van der Waals surface area (Å²) in [7, 11) is -1.58. The first-order valence-corrected chi connectivity index (χ1v) is 15.1. The van der Waals surface area contributed by atoms with E-state index in [1.165, 1.54) is 27.8 Å². The summed E-state index contributed by atoms with van der Waals surface area (Å²) in [4.78, 5) is 14.0.